The van der Waals surface area contributed by atoms with Crippen LogP contribution < -0.4 is 16.4 Å². The van der Waals surface area contributed by atoms with Crippen molar-refractivity contribution in [2.24, 2.45) is 5.73 Å². The Kier molecular flexibility index (Phi) is 8.67. The van der Waals surface area contributed by atoms with Crippen molar-refractivity contribution < 1.29 is 9.59 Å². The molecule has 18 heavy (non-hydrogen) atoms. The van der Waals surface area contributed by atoms with E-state index >= 15 is 0 Å². The van der Waals surface area contributed by atoms with Gasteiger partial charge in [-0.1, -0.05) is 19.8 Å². The van der Waals surface area contributed by atoms with E-state index in [1.165, 1.54) is 0 Å². The summed E-state index contributed by atoms with van der Waals surface area (Å²) in [7, 11) is 0. The van der Waals surface area contributed by atoms with Gasteiger partial charge in [-0.15, -0.1) is 6.42 Å². The van der Waals surface area contributed by atoms with Crippen LogP contribution in [0.4, 0.5) is 0 Å². The quantitative estimate of drug-likeness (QED) is 0.404. The monoisotopic (exact) mass is 253 g/mol. The fourth-order valence-corrected chi connectivity index (χ4v) is 1.57. The van der Waals surface area contributed by atoms with Gasteiger partial charge < -0.3 is 16.4 Å². The van der Waals surface area contributed by atoms with Gasteiger partial charge in [-0.25, -0.2) is 0 Å². The maximum atomic E-state index is 11.2. The minimum atomic E-state index is -0.333. The molecule has 5 nitrogen and oxygen atoms in total. The van der Waals surface area contributed by atoms with Gasteiger partial charge in [-0.05, 0) is 19.3 Å². The number of carbonyl (C=O) groups is 2. The average Bonchev–Trinajstić information content (AvgIpc) is 2.26. The third-order valence-corrected chi connectivity index (χ3v) is 2.38. The predicted octanol–water partition coefficient (Wildman–Crippen LogP) is 0.148. The molecule has 0 aromatic rings. The first-order valence-corrected chi connectivity index (χ1v) is 6.23. The predicted molar refractivity (Wildman–Crippen MR) is 71.6 cm³/mol. The van der Waals surface area contributed by atoms with E-state index in [-0.39, 0.29) is 30.3 Å². The highest BCUT2D eigenvalue weighted by atomic mass is 16.2. The van der Waals surface area contributed by atoms with Gasteiger partial charge in [0.2, 0.25) is 11.8 Å². The highest BCUT2D eigenvalue weighted by Crippen LogP contribution is 2.01. The second-order valence-electron chi connectivity index (χ2n) is 4.50. The van der Waals surface area contributed by atoms with Crippen LogP contribution in [0.15, 0.2) is 0 Å². The molecule has 1 atom stereocenters. The summed E-state index contributed by atoms with van der Waals surface area (Å²) in [6.07, 6.45) is 7.43. The van der Waals surface area contributed by atoms with Gasteiger partial charge in [0.25, 0.3) is 0 Å². The third kappa shape index (κ3) is 8.59. The van der Waals surface area contributed by atoms with E-state index < -0.39 is 0 Å². The lowest BCUT2D eigenvalue weighted by atomic mass is 10.1. The summed E-state index contributed by atoms with van der Waals surface area (Å²) in [4.78, 5) is 22.2. The van der Waals surface area contributed by atoms with Crippen LogP contribution in [-0.2, 0) is 9.59 Å². The number of rotatable bonds is 9. The highest BCUT2D eigenvalue weighted by Gasteiger charge is 2.15. The summed E-state index contributed by atoms with van der Waals surface area (Å²) in [5.41, 5.74) is 5.29. The summed E-state index contributed by atoms with van der Waals surface area (Å²) in [5.74, 6) is 1.81. The zero-order valence-electron chi connectivity index (χ0n) is 11.2. The Labute approximate surface area is 109 Å². The molecular formula is C13H23N3O2. The van der Waals surface area contributed by atoms with E-state index in [0.29, 0.717) is 13.0 Å². The molecule has 2 amide bonds. The Morgan fingerprint density at radius 1 is 1.33 bits per heavy atom. The first-order chi connectivity index (χ1) is 8.47. The average molecular weight is 253 g/mol. The van der Waals surface area contributed by atoms with Gasteiger partial charge in [-0.3, -0.25) is 9.59 Å². The number of nitrogens with one attached hydrogen (secondary N) is 2. The van der Waals surface area contributed by atoms with E-state index in [1.807, 2.05) is 13.8 Å². The SMILES string of the molecule is C#CCC(=O)NCCCCC(NC(C)C)C(N)=O. The van der Waals surface area contributed by atoms with Crippen molar-refractivity contribution in [3.8, 4) is 12.3 Å². The number of terminal acetylenes is 1. The van der Waals surface area contributed by atoms with Crippen LogP contribution in [-0.4, -0.2) is 30.4 Å². The number of nitrogens with two attached hydrogens (primary N) is 1. The number of hydrogen-bond donors (Lipinski definition) is 3. The summed E-state index contributed by atoms with van der Waals surface area (Å²) in [6.45, 7) is 4.51. The fourth-order valence-electron chi connectivity index (χ4n) is 1.57. The summed E-state index contributed by atoms with van der Waals surface area (Å²) in [5, 5.41) is 5.82. The molecule has 0 radical (unpaired) electrons. The van der Waals surface area contributed by atoms with Crippen LogP contribution in [0.3, 0.4) is 0 Å². The molecule has 0 aromatic carbocycles. The molecule has 0 aromatic heterocycles. The van der Waals surface area contributed by atoms with Crippen LogP contribution in [0.25, 0.3) is 0 Å². The Balaban J connectivity index is 3.71. The first kappa shape index (κ1) is 16.5. The van der Waals surface area contributed by atoms with E-state index in [0.717, 1.165) is 12.8 Å². The Hall–Kier alpha value is -1.54. The van der Waals surface area contributed by atoms with Gasteiger partial charge in [-0.2, -0.15) is 0 Å². The number of carbonyl (C=O) groups excluding carboxylic acids is 2. The Morgan fingerprint density at radius 2 is 2.00 bits per heavy atom. The molecule has 0 aliphatic carbocycles. The van der Waals surface area contributed by atoms with Crippen molar-refractivity contribution in [2.45, 2.75) is 51.6 Å². The van der Waals surface area contributed by atoms with E-state index in [9.17, 15) is 9.59 Å². The molecule has 0 rings (SSSR count). The first-order valence-electron chi connectivity index (χ1n) is 6.23. The number of unbranched alkanes of at least 4 members (excludes halogenated alkanes) is 1. The smallest absolute Gasteiger partial charge is 0.234 e. The molecule has 0 spiro atoms. The zero-order chi connectivity index (χ0) is 14.0. The second-order valence-corrected chi connectivity index (χ2v) is 4.50. The molecule has 4 N–H and O–H groups in total. The molecular weight excluding hydrogens is 230 g/mol. The third-order valence-electron chi connectivity index (χ3n) is 2.38. The number of primary amides is 1. The molecule has 0 fully saturated rings. The van der Waals surface area contributed by atoms with Crippen molar-refractivity contribution in [1.82, 2.24) is 10.6 Å². The minimum Gasteiger partial charge on any atom is -0.368 e. The maximum absolute atomic E-state index is 11.2. The van der Waals surface area contributed by atoms with Crippen LogP contribution in [0.2, 0.25) is 0 Å². The van der Waals surface area contributed by atoms with Crippen molar-refractivity contribution >= 4 is 11.8 Å². The Bertz CT molecular complexity index is 308. The lowest BCUT2D eigenvalue weighted by Gasteiger charge is -2.17. The van der Waals surface area contributed by atoms with Crippen molar-refractivity contribution in [2.75, 3.05) is 6.54 Å². The van der Waals surface area contributed by atoms with Crippen LogP contribution >= 0.6 is 0 Å². The molecule has 0 saturated heterocycles. The molecule has 102 valence electrons. The maximum Gasteiger partial charge on any atom is 0.234 e. The largest absolute Gasteiger partial charge is 0.368 e. The van der Waals surface area contributed by atoms with Gasteiger partial charge in [0.15, 0.2) is 0 Å². The van der Waals surface area contributed by atoms with Crippen molar-refractivity contribution in [3.63, 3.8) is 0 Å². The molecule has 0 aliphatic heterocycles. The number of amides is 2. The van der Waals surface area contributed by atoms with E-state index in [1.54, 1.807) is 0 Å². The van der Waals surface area contributed by atoms with Crippen LogP contribution in [0.5, 0.6) is 0 Å². The molecule has 0 bridgehead atoms. The van der Waals surface area contributed by atoms with Gasteiger partial charge in [0.05, 0.1) is 12.5 Å². The van der Waals surface area contributed by atoms with Crippen LogP contribution in [0, 0.1) is 12.3 Å². The Morgan fingerprint density at radius 3 is 2.50 bits per heavy atom. The van der Waals surface area contributed by atoms with Crippen molar-refractivity contribution in [1.29, 1.82) is 0 Å². The highest BCUT2D eigenvalue weighted by molar-refractivity contribution is 5.79. The standard InChI is InChI=1S/C13H23N3O2/c1-4-7-12(17)15-9-6-5-8-11(13(14)18)16-10(2)3/h1,10-11,16H,5-9H2,2-3H3,(H2,14,18)(H,15,17). The fraction of sp³-hybridized carbons (Fsp3) is 0.692. The van der Waals surface area contributed by atoms with E-state index in [2.05, 4.69) is 16.6 Å². The molecule has 5 heteroatoms. The normalized spacial score (nSPS) is 11.9. The lowest BCUT2D eigenvalue weighted by molar-refractivity contribution is -0.121. The minimum absolute atomic E-state index is 0.110. The molecule has 0 heterocycles. The summed E-state index contributed by atoms with van der Waals surface area (Å²) in [6, 6.07) is -0.0794. The molecule has 0 aliphatic rings. The van der Waals surface area contributed by atoms with Gasteiger partial charge in [0.1, 0.15) is 0 Å². The number of hydrogen-bond acceptors (Lipinski definition) is 3. The summed E-state index contributed by atoms with van der Waals surface area (Å²) >= 11 is 0. The zero-order valence-corrected chi connectivity index (χ0v) is 11.2. The van der Waals surface area contributed by atoms with Gasteiger partial charge >= 0.3 is 0 Å². The topological polar surface area (TPSA) is 84.2 Å². The van der Waals surface area contributed by atoms with E-state index in [4.69, 9.17) is 12.2 Å². The molecule has 0 saturated carbocycles. The van der Waals surface area contributed by atoms with Gasteiger partial charge in [0, 0.05) is 12.6 Å². The second kappa shape index (κ2) is 9.49. The molecule has 1 unspecified atom stereocenters. The summed E-state index contributed by atoms with van der Waals surface area (Å²) < 4.78 is 0. The van der Waals surface area contributed by atoms with Crippen LogP contribution in [0.1, 0.15) is 39.5 Å². The lowest BCUT2D eigenvalue weighted by Crippen LogP contribution is -2.44. The van der Waals surface area contributed by atoms with Crippen molar-refractivity contribution in [3.05, 3.63) is 0 Å².